The fourth-order valence-electron chi connectivity index (χ4n) is 5.58. The van der Waals surface area contributed by atoms with Crippen LogP contribution in [0.3, 0.4) is 0 Å². The van der Waals surface area contributed by atoms with Gasteiger partial charge in [-0.05, 0) is 74.2 Å². The summed E-state index contributed by atoms with van der Waals surface area (Å²) in [4.78, 5) is 10.9. The summed E-state index contributed by atoms with van der Waals surface area (Å²) in [6.07, 6.45) is 10.9. The van der Waals surface area contributed by atoms with Crippen LogP contribution in [0.25, 0.3) is 0 Å². The molecule has 2 nitrogen and oxygen atoms in total. The van der Waals surface area contributed by atoms with Crippen LogP contribution in [0.5, 0.6) is 0 Å². The molecule has 0 aromatic heterocycles. The molecule has 0 amide bonds. The van der Waals surface area contributed by atoms with Crippen LogP contribution in [-0.2, 0) is 9.53 Å². The van der Waals surface area contributed by atoms with Crippen LogP contribution in [-0.4, -0.2) is 12.6 Å². The highest BCUT2D eigenvalue weighted by Gasteiger charge is 2.52. The minimum Gasteiger partial charge on any atom is -0.462 e. The van der Waals surface area contributed by atoms with Crippen LogP contribution in [0, 0.1) is 22.7 Å². The third-order valence-electron chi connectivity index (χ3n) is 6.86. The van der Waals surface area contributed by atoms with Gasteiger partial charge in [-0.25, -0.2) is 0 Å². The smallest absolute Gasteiger partial charge is 0.302 e. The molecular formula is C22H36O2. The van der Waals surface area contributed by atoms with Crippen LogP contribution in [0.1, 0.15) is 79.6 Å². The van der Waals surface area contributed by atoms with Crippen molar-refractivity contribution < 1.29 is 9.53 Å². The Bertz CT molecular complexity index is 514. The average Bonchev–Trinajstić information content (AvgIpc) is 2.45. The maximum absolute atomic E-state index is 10.9. The molecule has 0 N–H and O–H groups in total. The topological polar surface area (TPSA) is 26.3 Å². The van der Waals surface area contributed by atoms with Crippen molar-refractivity contribution in [2.45, 2.75) is 79.6 Å². The van der Waals surface area contributed by atoms with Gasteiger partial charge in [0.1, 0.15) is 6.61 Å². The molecule has 2 saturated carbocycles. The van der Waals surface area contributed by atoms with E-state index in [1.165, 1.54) is 56.6 Å². The molecule has 0 heterocycles. The van der Waals surface area contributed by atoms with E-state index in [1.807, 2.05) is 0 Å². The van der Waals surface area contributed by atoms with Crippen LogP contribution >= 0.6 is 0 Å². The molecule has 0 aromatic rings. The van der Waals surface area contributed by atoms with Crippen LogP contribution < -0.4 is 0 Å². The number of carbonyl (C=O) groups is 1. The molecule has 0 unspecified atom stereocenters. The molecule has 24 heavy (non-hydrogen) atoms. The van der Waals surface area contributed by atoms with E-state index in [-0.39, 0.29) is 5.97 Å². The van der Waals surface area contributed by atoms with E-state index >= 15 is 0 Å². The van der Waals surface area contributed by atoms with Gasteiger partial charge in [-0.15, -0.1) is 0 Å². The number of hydrogen-bond donors (Lipinski definition) is 0. The lowest BCUT2D eigenvalue weighted by Gasteiger charge is -2.58. The maximum Gasteiger partial charge on any atom is 0.302 e. The Morgan fingerprint density at radius 3 is 2.67 bits per heavy atom. The van der Waals surface area contributed by atoms with Gasteiger partial charge in [0.05, 0.1) is 0 Å². The SMILES string of the molecule is C=C1CC[C@H]2C(C)(C)CCC[C@]2(C)[C@H]1CCC(C)=CCOC(C)=O. The number of hydrogen-bond acceptors (Lipinski definition) is 2. The summed E-state index contributed by atoms with van der Waals surface area (Å²) in [7, 11) is 0. The predicted octanol–water partition coefficient (Wildman–Crippen LogP) is 6.07. The molecule has 2 aliphatic carbocycles. The average molecular weight is 333 g/mol. The third-order valence-corrected chi connectivity index (χ3v) is 6.86. The molecule has 0 spiro atoms. The normalized spacial score (nSPS) is 33.0. The fourth-order valence-corrected chi connectivity index (χ4v) is 5.58. The summed E-state index contributed by atoms with van der Waals surface area (Å²) in [6.45, 7) is 16.0. The first-order valence-electron chi connectivity index (χ1n) is 9.63. The Kier molecular flexibility index (Phi) is 5.99. The van der Waals surface area contributed by atoms with Crippen molar-refractivity contribution in [3.05, 3.63) is 23.8 Å². The predicted molar refractivity (Wildman–Crippen MR) is 101 cm³/mol. The van der Waals surface area contributed by atoms with Gasteiger partial charge in [0, 0.05) is 6.92 Å². The summed E-state index contributed by atoms with van der Waals surface area (Å²) in [5.74, 6) is 1.24. The maximum atomic E-state index is 10.9. The number of esters is 1. The summed E-state index contributed by atoms with van der Waals surface area (Å²) >= 11 is 0. The third kappa shape index (κ3) is 4.13. The van der Waals surface area contributed by atoms with E-state index in [4.69, 9.17) is 4.74 Å². The highest BCUT2D eigenvalue weighted by atomic mass is 16.5. The number of ether oxygens (including phenoxy) is 1. The van der Waals surface area contributed by atoms with Gasteiger partial charge < -0.3 is 4.74 Å². The zero-order chi connectivity index (χ0) is 18.0. The molecule has 0 radical (unpaired) electrons. The van der Waals surface area contributed by atoms with Gasteiger partial charge in [0.15, 0.2) is 0 Å². The Labute approximate surface area is 148 Å². The van der Waals surface area contributed by atoms with Crippen molar-refractivity contribution in [1.29, 1.82) is 0 Å². The van der Waals surface area contributed by atoms with Gasteiger partial charge in [0.25, 0.3) is 0 Å². The second-order valence-corrected chi connectivity index (χ2v) is 9.04. The number of allylic oxidation sites excluding steroid dienone is 2. The van der Waals surface area contributed by atoms with Gasteiger partial charge in [0.2, 0.25) is 0 Å². The van der Waals surface area contributed by atoms with Crippen molar-refractivity contribution in [3.8, 4) is 0 Å². The quantitative estimate of drug-likeness (QED) is 0.451. The van der Waals surface area contributed by atoms with E-state index in [0.29, 0.717) is 23.4 Å². The van der Waals surface area contributed by atoms with Crippen molar-refractivity contribution >= 4 is 5.97 Å². The summed E-state index contributed by atoms with van der Waals surface area (Å²) in [5, 5.41) is 0. The monoisotopic (exact) mass is 332 g/mol. The lowest BCUT2D eigenvalue weighted by Crippen LogP contribution is -2.49. The van der Waals surface area contributed by atoms with E-state index in [2.05, 4.69) is 40.3 Å². The summed E-state index contributed by atoms with van der Waals surface area (Å²) in [6, 6.07) is 0. The largest absolute Gasteiger partial charge is 0.462 e. The number of carbonyl (C=O) groups excluding carboxylic acids is 1. The molecule has 0 saturated heterocycles. The Hall–Kier alpha value is -1.05. The van der Waals surface area contributed by atoms with Gasteiger partial charge in [-0.2, -0.15) is 0 Å². The number of rotatable bonds is 5. The zero-order valence-corrected chi connectivity index (χ0v) is 16.4. The second kappa shape index (κ2) is 7.45. The molecule has 2 rings (SSSR count). The molecule has 2 heteroatoms. The van der Waals surface area contributed by atoms with Gasteiger partial charge in [-0.1, -0.05) is 44.9 Å². The lowest BCUT2D eigenvalue weighted by atomic mass is 9.47. The first-order valence-corrected chi connectivity index (χ1v) is 9.63. The summed E-state index contributed by atoms with van der Waals surface area (Å²) < 4.78 is 5.03. The molecule has 0 aliphatic heterocycles. The Morgan fingerprint density at radius 1 is 1.29 bits per heavy atom. The highest BCUT2D eigenvalue weighted by molar-refractivity contribution is 5.66. The van der Waals surface area contributed by atoms with Crippen molar-refractivity contribution in [2.24, 2.45) is 22.7 Å². The molecule has 3 atom stereocenters. The lowest BCUT2D eigenvalue weighted by molar-refractivity contribution is -0.139. The molecule has 136 valence electrons. The first kappa shape index (κ1) is 19.3. The summed E-state index contributed by atoms with van der Waals surface area (Å²) in [5.41, 5.74) is 3.67. The molecule has 2 fully saturated rings. The van der Waals surface area contributed by atoms with Crippen LogP contribution in [0.4, 0.5) is 0 Å². The standard InChI is InChI=1S/C22H36O2/c1-16(12-15-24-18(3)23)8-10-19-17(2)9-11-20-21(4,5)13-7-14-22(19,20)6/h12,19-20H,2,7-11,13-15H2,1,3-6H3/t19-,20-,22+/m0/s1. The van der Waals surface area contributed by atoms with E-state index in [9.17, 15) is 4.79 Å². The van der Waals surface area contributed by atoms with Crippen LogP contribution in [0.2, 0.25) is 0 Å². The van der Waals surface area contributed by atoms with Crippen LogP contribution in [0.15, 0.2) is 23.8 Å². The van der Waals surface area contributed by atoms with Crippen molar-refractivity contribution in [2.75, 3.05) is 6.61 Å². The minimum absolute atomic E-state index is 0.209. The first-order chi connectivity index (χ1) is 11.2. The molecular weight excluding hydrogens is 296 g/mol. The van der Waals surface area contributed by atoms with Gasteiger partial charge in [-0.3, -0.25) is 4.79 Å². The van der Waals surface area contributed by atoms with Gasteiger partial charge >= 0.3 is 5.97 Å². The van der Waals surface area contributed by atoms with E-state index < -0.39 is 0 Å². The second-order valence-electron chi connectivity index (χ2n) is 9.04. The minimum atomic E-state index is -0.209. The van der Waals surface area contributed by atoms with Crippen molar-refractivity contribution in [1.82, 2.24) is 0 Å². The Morgan fingerprint density at radius 2 is 2.00 bits per heavy atom. The fraction of sp³-hybridized carbons (Fsp3) is 0.773. The highest BCUT2D eigenvalue weighted by Crippen LogP contribution is 2.61. The molecule has 2 aliphatic rings. The molecule has 0 bridgehead atoms. The van der Waals surface area contributed by atoms with Crippen molar-refractivity contribution in [3.63, 3.8) is 0 Å². The zero-order valence-electron chi connectivity index (χ0n) is 16.4. The molecule has 0 aromatic carbocycles. The Balaban J connectivity index is 2.04. The van der Waals surface area contributed by atoms with E-state index in [0.717, 1.165) is 12.3 Å². The number of fused-ring (bicyclic) bond motifs is 1. The van der Waals surface area contributed by atoms with E-state index in [1.54, 1.807) is 0 Å².